The van der Waals surface area contributed by atoms with Crippen LogP contribution in [0.5, 0.6) is 5.75 Å². The van der Waals surface area contributed by atoms with Gasteiger partial charge in [-0.3, -0.25) is 4.55 Å². The number of unbranched alkanes of at least 4 members (excludes halogenated alkanes) is 13. The van der Waals surface area contributed by atoms with Crippen LogP contribution in [-0.4, -0.2) is 43.6 Å². The molecule has 1 aromatic heterocycles. The molecule has 14 heteroatoms. The average Bonchev–Trinajstić information content (AvgIpc) is 3.32. The van der Waals surface area contributed by atoms with Crippen LogP contribution in [0.15, 0.2) is 51.3 Å². The van der Waals surface area contributed by atoms with Gasteiger partial charge in [0.1, 0.15) is 11.3 Å². The Labute approximate surface area is 270 Å². The summed E-state index contributed by atoms with van der Waals surface area (Å²) in [4.78, 5) is 13.6. The van der Waals surface area contributed by atoms with Crippen LogP contribution in [0.2, 0.25) is 0 Å². The highest BCUT2D eigenvalue weighted by Crippen LogP contribution is 2.24. The fourth-order valence-corrected chi connectivity index (χ4v) is 7.32. The summed E-state index contributed by atoms with van der Waals surface area (Å²) in [5.74, 6) is -1.22. The zero-order valence-electron chi connectivity index (χ0n) is 26.0. The minimum atomic E-state index is -4.42. The Balaban J connectivity index is 1.48. The molecule has 0 radical (unpaired) electrons. The minimum Gasteiger partial charge on any atom is -0.493 e. The molecule has 2 aromatic carbocycles. The molecule has 1 heterocycles. The summed E-state index contributed by atoms with van der Waals surface area (Å²) >= 11 is 1.09. The van der Waals surface area contributed by atoms with Crippen LogP contribution in [0.1, 0.15) is 107 Å². The molecule has 0 aliphatic heterocycles. The number of fused-ring (bicyclic) bond motifs is 1. The van der Waals surface area contributed by atoms with E-state index in [4.69, 9.17) is 4.74 Å². The van der Waals surface area contributed by atoms with Gasteiger partial charge in [-0.25, -0.2) is 4.79 Å². The van der Waals surface area contributed by atoms with Gasteiger partial charge in [0.2, 0.25) is 4.80 Å². The first kappa shape index (κ1) is 36.5. The van der Waals surface area contributed by atoms with Crippen molar-refractivity contribution < 1.29 is 36.0 Å². The van der Waals surface area contributed by atoms with Gasteiger partial charge < -0.3 is 14.4 Å². The van der Waals surface area contributed by atoms with Crippen molar-refractivity contribution in [3.05, 3.63) is 46.8 Å². The van der Waals surface area contributed by atoms with Gasteiger partial charge in [-0.15, -0.1) is 5.10 Å². The fraction of sp³-hybridized carbons (Fsp3) is 0.548. The van der Waals surface area contributed by atoms with E-state index in [1.54, 1.807) is 7.05 Å². The lowest BCUT2D eigenvalue weighted by molar-refractivity contribution is 0.0691. The summed E-state index contributed by atoms with van der Waals surface area (Å²) in [5, 5.41) is 13.7. The highest BCUT2D eigenvalue weighted by Gasteiger charge is 2.20. The van der Waals surface area contributed by atoms with E-state index < -0.39 is 26.1 Å². The van der Waals surface area contributed by atoms with Crippen molar-refractivity contribution in [3.8, 4) is 5.75 Å². The van der Waals surface area contributed by atoms with Crippen molar-refractivity contribution in [2.24, 2.45) is 12.1 Å². The van der Waals surface area contributed by atoms with Gasteiger partial charge in [-0.1, -0.05) is 102 Å². The van der Waals surface area contributed by atoms with Crippen molar-refractivity contribution in [2.45, 2.75) is 107 Å². The number of aryl methyl sites for hydroxylation is 1. The second-order valence-corrected chi connectivity index (χ2v) is 15.3. The number of nitrogens with one attached hydrogen (secondary N) is 1. The van der Waals surface area contributed by atoms with Crippen molar-refractivity contribution >= 4 is 47.7 Å². The Bertz CT molecular complexity index is 1700. The van der Waals surface area contributed by atoms with E-state index in [9.17, 15) is 31.3 Å². The molecular formula is C31H45N3O8S3. The number of carboxylic acid groups (broad SMARTS) is 1. The molecule has 0 spiro atoms. The zero-order valence-corrected chi connectivity index (χ0v) is 28.5. The summed E-state index contributed by atoms with van der Waals surface area (Å²) in [6.45, 7) is 2.57. The van der Waals surface area contributed by atoms with Gasteiger partial charge in [0, 0.05) is 7.05 Å². The molecule has 0 unspecified atom stereocenters. The third-order valence-corrected chi connectivity index (χ3v) is 10.8. The second kappa shape index (κ2) is 17.7. The molecule has 3 N–H and O–H groups in total. The van der Waals surface area contributed by atoms with Gasteiger partial charge in [0.15, 0.2) is 0 Å². The van der Waals surface area contributed by atoms with Crippen LogP contribution < -0.4 is 14.4 Å². The Morgan fingerprint density at radius 1 is 0.844 bits per heavy atom. The number of ether oxygens (including phenoxy) is 1. The Morgan fingerprint density at radius 3 is 1.96 bits per heavy atom. The van der Waals surface area contributed by atoms with E-state index in [2.05, 4.69) is 16.9 Å². The highest BCUT2D eigenvalue weighted by atomic mass is 32.2. The summed E-state index contributed by atoms with van der Waals surface area (Å²) < 4.78 is 65.9. The maximum atomic E-state index is 13.0. The quantitative estimate of drug-likeness (QED) is 0.0624. The van der Waals surface area contributed by atoms with Gasteiger partial charge in [0.25, 0.3) is 20.1 Å². The maximum Gasteiger partial charge on any atom is 0.339 e. The number of thiazole rings is 1. The van der Waals surface area contributed by atoms with Crippen molar-refractivity contribution in [2.75, 3.05) is 6.61 Å². The third kappa shape index (κ3) is 11.4. The van der Waals surface area contributed by atoms with Crippen molar-refractivity contribution in [3.63, 3.8) is 0 Å². The molecule has 0 aliphatic carbocycles. The number of sulfonamides is 1. The summed E-state index contributed by atoms with van der Waals surface area (Å²) in [6, 6.07) is 7.59. The summed E-state index contributed by atoms with van der Waals surface area (Å²) in [5.41, 5.74) is 0.148. The Kier molecular flexibility index (Phi) is 14.3. The smallest absolute Gasteiger partial charge is 0.339 e. The largest absolute Gasteiger partial charge is 0.493 e. The number of rotatable bonds is 21. The van der Waals surface area contributed by atoms with E-state index in [1.807, 2.05) is 0 Å². The molecule has 0 atom stereocenters. The van der Waals surface area contributed by atoms with Gasteiger partial charge in [-0.2, -0.15) is 21.7 Å². The first-order valence-electron chi connectivity index (χ1n) is 15.6. The number of hydrogen-bond acceptors (Lipinski definition) is 8. The number of carbonyl (C=O) groups is 1. The highest BCUT2D eigenvalue weighted by molar-refractivity contribution is 7.89. The molecule has 0 fully saturated rings. The first-order chi connectivity index (χ1) is 21.4. The van der Waals surface area contributed by atoms with Crippen molar-refractivity contribution in [1.82, 2.24) is 9.40 Å². The standard InChI is InChI=1S/C31H45N3O8S3/c1-3-4-5-6-7-8-9-10-11-12-13-14-15-16-21-42-28-19-17-24(22-26(28)30(35)36)44(37,38)33-32-31-34(2)27-23-25(45(39,40)41)18-20-29(27)43-31/h17-20,22-23,33H,3-16,21H2,1-2H3,(H,35,36)(H,39,40,41)/b32-31-. The summed E-state index contributed by atoms with van der Waals surface area (Å²) in [6.07, 6.45) is 17.2. The number of benzene rings is 2. The SMILES string of the molecule is CCCCCCCCCCCCCCCCOc1ccc(S(=O)(=O)N/N=c2\sc3ccc(S(=O)(=O)O)cc3n2C)cc1C(=O)O. The number of hydrogen-bond donors (Lipinski definition) is 3. The normalized spacial score (nSPS) is 12.6. The molecule has 3 rings (SSSR count). The number of nitrogens with zero attached hydrogens (tertiary/aromatic N) is 2. The van der Waals surface area contributed by atoms with Gasteiger partial charge >= 0.3 is 5.97 Å². The molecule has 45 heavy (non-hydrogen) atoms. The first-order valence-corrected chi connectivity index (χ1v) is 19.3. The molecule has 0 saturated heterocycles. The van der Waals surface area contributed by atoms with Crippen LogP contribution >= 0.6 is 11.3 Å². The Hall–Kier alpha value is -2.94. The van der Waals surface area contributed by atoms with Gasteiger partial charge in [0.05, 0.1) is 26.6 Å². The molecule has 0 bridgehead atoms. The lowest BCUT2D eigenvalue weighted by Crippen LogP contribution is -2.24. The molecule has 250 valence electrons. The topological polar surface area (TPSA) is 164 Å². The fourth-order valence-electron chi connectivity index (χ4n) is 4.97. The third-order valence-electron chi connectivity index (χ3n) is 7.59. The van der Waals surface area contributed by atoms with Crippen LogP contribution in [0.25, 0.3) is 10.2 Å². The monoisotopic (exact) mass is 683 g/mol. The van der Waals surface area contributed by atoms with E-state index >= 15 is 0 Å². The van der Waals surface area contributed by atoms with Crippen LogP contribution in [0.4, 0.5) is 0 Å². The Morgan fingerprint density at radius 2 is 1.40 bits per heavy atom. The van der Waals surface area contributed by atoms with E-state index in [0.717, 1.165) is 36.7 Å². The van der Waals surface area contributed by atoms with Crippen LogP contribution in [0, 0.1) is 0 Å². The molecule has 11 nitrogen and oxygen atoms in total. The minimum absolute atomic E-state index is 0.0960. The van der Waals surface area contributed by atoms with E-state index in [1.165, 1.54) is 106 Å². The predicted molar refractivity (Wildman–Crippen MR) is 176 cm³/mol. The predicted octanol–water partition coefficient (Wildman–Crippen LogP) is 6.84. The van der Waals surface area contributed by atoms with Gasteiger partial charge in [-0.05, 0) is 42.8 Å². The molecule has 0 aliphatic rings. The van der Waals surface area contributed by atoms with E-state index in [-0.39, 0.29) is 25.9 Å². The zero-order chi connectivity index (χ0) is 32.9. The second-order valence-electron chi connectivity index (χ2n) is 11.2. The van der Waals surface area contributed by atoms with Crippen molar-refractivity contribution in [1.29, 1.82) is 0 Å². The number of aromatic nitrogens is 1. The molecule has 3 aromatic rings. The number of carboxylic acids is 1. The average molecular weight is 684 g/mol. The maximum absolute atomic E-state index is 13.0. The lowest BCUT2D eigenvalue weighted by Gasteiger charge is -2.11. The summed E-state index contributed by atoms with van der Waals surface area (Å²) in [7, 11) is -7.10. The van der Waals surface area contributed by atoms with Crippen LogP contribution in [0.3, 0.4) is 0 Å². The lowest BCUT2D eigenvalue weighted by atomic mass is 10.0. The molecule has 0 amide bonds. The van der Waals surface area contributed by atoms with E-state index in [0.29, 0.717) is 16.8 Å². The molecular weight excluding hydrogens is 639 g/mol. The van der Waals surface area contributed by atoms with Crippen LogP contribution in [-0.2, 0) is 27.2 Å². The molecule has 0 saturated carbocycles. The number of aromatic carboxylic acids is 1.